The van der Waals surface area contributed by atoms with Gasteiger partial charge in [-0.3, -0.25) is 9.59 Å². The minimum Gasteiger partial charge on any atom is -0.345 e. The van der Waals surface area contributed by atoms with Gasteiger partial charge in [0.25, 0.3) is 5.91 Å². The summed E-state index contributed by atoms with van der Waals surface area (Å²) in [6.07, 6.45) is 0. The van der Waals surface area contributed by atoms with Crippen molar-refractivity contribution in [3.63, 3.8) is 0 Å². The van der Waals surface area contributed by atoms with Crippen LogP contribution >= 0.6 is 11.3 Å². The lowest BCUT2D eigenvalue weighted by molar-refractivity contribution is 0.0905. The number of carbonyl (C=O) groups excluding carboxylic acids is 2. The van der Waals surface area contributed by atoms with Crippen molar-refractivity contribution in [1.29, 1.82) is 0 Å². The Morgan fingerprint density at radius 3 is 2.72 bits per heavy atom. The van der Waals surface area contributed by atoms with Crippen LogP contribution in [0.4, 0.5) is 4.39 Å². The molecule has 0 saturated heterocycles. The minimum atomic E-state index is -0.479. The molecule has 2 aromatic rings. The molecule has 0 aliphatic rings. The van der Waals surface area contributed by atoms with Crippen LogP contribution < -0.4 is 5.32 Å². The van der Waals surface area contributed by atoms with Crippen LogP contribution in [-0.2, 0) is 0 Å². The molecule has 2 rings (SSSR count). The van der Waals surface area contributed by atoms with Gasteiger partial charge >= 0.3 is 0 Å². The van der Waals surface area contributed by atoms with Gasteiger partial charge in [-0.1, -0.05) is 12.1 Å². The number of nitrogens with one attached hydrogen (secondary N) is 1. The number of amides is 1. The van der Waals surface area contributed by atoms with Gasteiger partial charge in [0.05, 0.1) is 11.4 Å². The van der Waals surface area contributed by atoms with Gasteiger partial charge in [0, 0.05) is 5.56 Å². The molecular weight excluding hydrogens is 253 g/mol. The average molecular weight is 263 g/mol. The van der Waals surface area contributed by atoms with E-state index in [1.54, 1.807) is 17.5 Å². The molecule has 0 spiro atoms. The lowest BCUT2D eigenvalue weighted by Crippen LogP contribution is -2.29. The quantitative estimate of drug-likeness (QED) is 0.861. The van der Waals surface area contributed by atoms with E-state index in [-0.39, 0.29) is 17.9 Å². The van der Waals surface area contributed by atoms with Crippen molar-refractivity contribution in [3.8, 4) is 0 Å². The Morgan fingerprint density at radius 1 is 1.22 bits per heavy atom. The summed E-state index contributed by atoms with van der Waals surface area (Å²) in [6.45, 7) is -0.0874. The van der Waals surface area contributed by atoms with Crippen LogP contribution in [0.15, 0.2) is 41.8 Å². The Hall–Kier alpha value is -2.01. The molecule has 5 heteroatoms. The predicted octanol–water partition coefficient (Wildman–Crippen LogP) is 2.50. The first-order valence-electron chi connectivity index (χ1n) is 5.27. The van der Waals surface area contributed by atoms with Crippen LogP contribution in [0.25, 0.3) is 0 Å². The fraction of sp³-hybridized carbons (Fsp3) is 0.0769. The summed E-state index contributed by atoms with van der Waals surface area (Å²) in [6, 6.07) is 8.80. The second-order valence-corrected chi connectivity index (χ2v) is 4.54. The van der Waals surface area contributed by atoms with E-state index in [4.69, 9.17) is 0 Å². The van der Waals surface area contributed by atoms with Crippen molar-refractivity contribution in [1.82, 2.24) is 5.32 Å². The van der Waals surface area contributed by atoms with Crippen molar-refractivity contribution in [3.05, 3.63) is 58.0 Å². The third kappa shape index (κ3) is 3.01. The van der Waals surface area contributed by atoms with E-state index in [0.717, 1.165) is 6.07 Å². The molecule has 1 N–H and O–H groups in total. The van der Waals surface area contributed by atoms with Crippen molar-refractivity contribution in [2.24, 2.45) is 0 Å². The maximum atomic E-state index is 12.9. The Balaban J connectivity index is 1.95. The number of ketones is 1. The fourth-order valence-electron chi connectivity index (χ4n) is 1.42. The second kappa shape index (κ2) is 5.55. The molecule has 0 saturated carbocycles. The SMILES string of the molecule is O=C(NCC(=O)c1cccs1)c1cccc(F)c1. The number of hydrogen-bond donors (Lipinski definition) is 1. The molecule has 0 radical (unpaired) electrons. The van der Waals surface area contributed by atoms with Crippen LogP contribution in [0.5, 0.6) is 0 Å². The number of Topliss-reactive ketones (excluding diaryl/α,β-unsaturated/α-hetero) is 1. The normalized spacial score (nSPS) is 10.1. The van der Waals surface area contributed by atoms with Crippen LogP contribution in [0, 0.1) is 5.82 Å². The summed E-state index contributed by atoms with van der Waals surface area (Å²) < 4.78 is 12.9. The lowest BCUT2D eigenvalue weighted by atomic mass is 10.2. The molecule has 0 aliphatic heterocycles. The molecule has 92 valence electrons. The number of hydrogen-bond acceptors (Lipinski definition) is 3. The van der Waals surface area contributed by atoms with Gasteiger partial charge in [-0.2, -0.15) is 0 Å². The molecule has 18 heavy (non-hydrogen) atoms. The number of benzene rings is 1. The number of halogens is 1. The Morgan fingerprint density at radius 2 is 2.06 bits per heavy atom. The Bertz CT molecular complexity index is 566. The molecule has 1 amide bonds. The van der Waals surface area contributed by atoms with E-state index in [9.17, 15) is 14.0 Å². The molecule has 3 nitrogen and oxygen atoms in total. The number of carbonyl (C=O) groups is 2. The fourth-order valence-corrected chi connectivity index (χ4v) is 2.08. The monoisotopic (exact) mass is 263 g/mol. The van der Waals surface area contributed by atoms with Gasteiger partial charge in [0.2, 0.25) is 0 Å². The van der Waals surface area contributed by atoms with Crippen molar-refractivity contribution < 1.29 is 14.0 Å². The van der Waals surface area contributed by atoms with Gasteiger partial charge in [-0.05, 0) is 29.6 Å². The van der Waals surface area contributed by atoms with Gasteiger partial charge in [0.15, 0.2) is 5.78 Å². The first kappa shape index (κ1) is 12.4. The number of rotatable bonds is 4. The Labute approximate surface area is 107 Å². The molecule has 0 bridgehead atoms. The molecule has 0 fully saturated rings. The van der Waals surface area contributed by atoms with E-state index >= 15 is 0 Å². The molecule has 0 aliphatic carbocycles. The molecule has 0 atom stereocenters. The smallest absolute Gasteiger partial charge is 0.251 e. The predicted molar refractivity (Wildman–Crippen MR) is 67.4 cm³/mol. The lowest BCUT2D eigenvalue weighted by Gasteiger charge is -2.03. The van der Waals surface area contributed by atoms with E-state index in [1.165, 1.54) is 29.5 Å². The molecular formula is C13H10FNO2S. The van der Waals surface area contributed by atoms with Gasteiger partial charge in [-0.15, -0.1) is 11.3 Å². The highest BCUT2D eigenvalue weighted by Crippen LogP contribution is 2.09. The third-order valence-electron chi connectivity index (χ3n) is 2.29. The summed E-state index contributed by atoms with van der Waals surface area (Å²) in [7, 11) is 0. The molecule has 1 aromatic carbocycles. The van der Waals surface area contributed by atoms with E-state index < -0.39 is 11.7 Å². The first-order valence-corrected chi connectivity index (χ1v) is 6.15. The van der Waals surface area contributed by atoms with Gasteiger partial charge < -0.3 is 5.32 Å². The zero-order chi connectivity index (χ0) is 13.0. The van der Waals surface area contributed by atoms with Crippen LogP contribution in [0.3, 0.4) is 0 Å². The van der Waals surface area contributed by atoms with E-state index in [1.807, 2.05) is 0 Å². The summed E-state index contributed by atoms with van der Waals surface area (Å²) in [4.78, 5) is 23.9. The van der Waals surface area contributed by atoms with Crippen LogP contribution in [-0.4, -0.2) is 18.2 Å². The zero-order valence-corrected chi connectivity index (χ0v) is 10.2. The molecule has 0 unspecified atom stereocenters. The zero-order valence-electron chi connectivity index (χ0n) is 9.35. The highest BCUT2D eigenvalue weighted by Gasteiger charge is 2.10. The van der Waals surface area contributed by atoms with Crippen molar-refractivity contribution in [2.75, 3.05) is 6.54 Å². The summed E-state index contributed by atoms with van der Waals surface area (Å²) in [5, 5.41) is 4.26. The van der Waals surface area contributed by atoms with Gasteiger partial charge in [-0.25, -0.2) is 4.39 Å². The van der Waals surface area contributed by atoms with E-state index in [0.29, 0.717) is 4.88 Å². The molecule has 1 heterocycles. The summed E-state index contributed by atoms with van der Waals surface area (Å²) in [5.74, 6) is -1.10. The van der Waals surface area contributed by atoms with E-state index in [2.05, 4.69) is 5.32 Å². The maximum absolute atomic E-state index is 12.9. The summed E-state index contributed by atoms with van der Waals surface area (Å²) in [5.41, 5.74) is 0.203. The van der Waals surface area contributed by atoms with Gasteiger partial charge in [0.1, 0.15) is 5.82 Å². The first-order chi connectivity index (χ1) is 8.66. The molecule has 1 aromatic heterocycles. The standard InChI is InChI=1S/C13H10FNO2S/c14-10-4-1-3-9(7-10)13(17)15-8-11(16)12-5-2-6-18-12/h1-7H,8H2,(H,15,17). The second-order valence-electron chi connectivity index (χ2n) is 3.59. The number of thiophene rings is 1. The Kier molecular flexibility index (Phi) is 3.84. The topological polar surface area (TPSA) is 46.2 Å². The highest BCUT2D eigenvalue weighted by molar-refractivity contribution is 7.12. The van der Waals surface area contributed by atoms with Crippen molar-refractivity contribution in [2.45, 2.75) is 0 Å². The average Bonchev–Trinajstić information content (AvgIpc) is 2.89. The maximum Gasteiger partial charge on any atom is 0.251 e. The minimum absolute atomic E-state index is 0.0874. The largest absolute Gasteiger partial charge is 0.345 e. The third-order valence-corrected chi connectivity index (χ3v) is 3.20. The highest BCUT2D eigenvalue weighted by atomic mass is 32.1. The summed E-state index contributed by atoms with van der Waals surface area (Å²) >= 11 is 1.32. The van der Waals surface area contributed by atoms with Crippen LogP contribution in [0.1, 0.15) is 20.0 Å². The van der Waals surface area contributed by atoms with Crippen LogP contribution in [0.2, 0.25) is 0 Å². The van der Waals surface area contributed by atoms with Crippen molar-refractivity contribution >= 4 is 23.0 Å².